The number of likely N-dealkylation sites (tertiary alicyclic amines) is 1. The molecule has 2 aliphatic rings. The minimum atomic E-state index is -0.667. The molecule has 2 saturated heterocycles. The summed E-state index contributed by atoms with van der Waals surface area (Å²) in [4.78, 5) is 30.0. The van der Waals surface area contributed by atoms with E-state index in [2.05, 4.69) is 4.90 Å². The number of nitrogens with zero attached hydrogens (tertiary/aromatic N) is 2. The number of hydrogen-bond acceptors (Lipinski definition) is 6. The Morgan fingerprint density at radius 3 is 2.33 bits per heavy atom. The Morgan fingerprint density at radius 1 is 1.03 bits per heavy atom. The molecule has 4 rings (SSSR count). The van der Waals surface area contributed by atoms with Gasteiger partial charge in [-0.15, -0.1) is 0 Å². The van der Waals surface area contributed by atoms with Crippen LogP contribution in [0.4, 0.5) is 0 Å². The molecule has 1 unspecified atom stereocenters. The predicted octanol–water partition coefficient (Wildman–Crippen LogP) is 3.23. The lowest BCUT2D eigenvalue weighted by molar-refractivity contribution is -0.140. The van der Waals surface area contributed by atoms with Crippen molar-refractivity contribution in [3.05, 3.63) is 71.3 Å². The fourth-order valence-electron chi connectivity index (χ4n) is 4.28. The number of morpholine rings is 1. The summed E-state index contributed by atoms with van der Waals surface area (Å²) in [6, 6.07) is 15.6. The van der Waals surface area contributed by atoms with Crippen molar-refractivity contribution in [2.24, 2.45) is 0 Å². The molecule has 33 heavy (non-hydrogen) atoms. The zero-order valence-electron chi connectivity index (χ0n) is 19.1. The zero-order chi connectivity index (χ0) is 23.4. The van der Waals surface area contributed by atoms with Crippen LogP contribution >= 0.6 is 0 Å². The van der Waals surface area contributed by atoms with Crippen LogP contribution < -0.4 is 4.74 Å². The number of aliphatic hydroxyl groups excluding tert-OH is 1. The summed E-state index contributed by atoms with van der Waals surface area (Å²) < 4.78 is 11.2. The first-order chi connectivity index (χ1) is 16.0. The molecule has 0 bridgehead atoms. The number of carbonyl (C=O) groups excluding carboxylic acids is 2. The second kappa shape index (κ2) is 10.2. The molecule has 2 aromatic carbocycles. The molecule has 1 N–H and O–H groups in total. The molecule has 0 radical (unpaired) electrons. The topological polar surface area (TPSA) is 79.3 Å². The normalized spacial score (nSPS) is 21.1. The third-order valence-electron chi connectivity index (χ3n) is 5.92. The van der Waals surface area contributed by atoms with E-state index < -0.39 is 17.7 Å². The van der Waals surface area contributed by atoms with Gasteiger partial charge in [0.25, 0.3) is 11.7 Å². The average Bonchev–Trinajstić information content (AvgIpc) is 3.08. The van der Waals surface area contributed by atoms with Crippen LogP contribution in [-0.2, 0) is 14.3 Å². The first-order valence-electron chi connectivity index (χ1n) is 11.4. The van der Waals surface area contributed by atoms with E-state index in [9.17, 15) is 14.7 Å². The molecule has 0 saturated carbocycles. The molecule has 7 nitrogen and oxygen atoms in total. The van der Waals surface area contributed by atoms with E-state index in [0.29, 0.717) is 37.6 Å². The van der Waals surface area contributed by atoms with Gasteiger partial charge in [0, 0.05) is 31.7 Å². The first-order valence-corrected chi connectivity index (χ1v) is 11.4. The lowest BCUT2D eigenvalue weighted by Gasteiger charge is -2.31. The molecule has 1 atom stereocenters. The van der Waals surface area contributed by atoms with Crippen LogP contribution in [0.25, 0.3) is 5.76 Å². The van der Waals surface area contributed by atoms with E-state index >= 15 is 0 Å². The van der Waals surface area contributed by atoms with Crippen LogP contribution in [0.2, 0.25) is 0 Å². The van der Waals surface area contributed by atoms with E-state index in [0.717, 1.165) is 18.7 Å². The summed E-state index contributed by atoms with van der Waals surface area (Å²) in [5.41, 5.74) is 1.38. The van der Waals surface area contributed by atoms with Crippen molar-refractivity contribution in [2.75, 3.05) is 39.4 Å². The van der Waals surface area contributed by atoms with Crippen molar-refractivity contribution < 1.29 is 24.2 Å². The van der Waals surface area contributed by atoms with Crippen molar-refractivity contribution in [1.29, 1.82) is 0 Å². The van der Waals surface area contributed by atoms with Gasteiger partial charge in [0.1, 0.15) is 11.5 Å². The number of hydrogen-bond donors (Lipinski definition) is 1. The Hall–Kier alpha value is -3.16. The van der Waals surface area contributed by atoms with Crippen LogP contribution in [0.5, 0.6) is 5.75 Å². The highest BCUT2D eigenvalue weighted by molar-refractivity contribution is 6.46. The number of benzene rings is 2. The molecule has 1 amide bonds. The predicted molar refractivity (Wildman–Crippen MR) is 125 cm³/mol. The number of amides is 1. The fraction of sp³-hybridized carbons (Fsp3) is 0.385. The summed E-state index contributed by atoms with van der Waals surface area (Å²) in [7, 11) is 0. The number of rotatable bonds is 7. The van der Waals surface area contributed by atoms with Crippen LogP contribution in [0.3, 0.4) is 0 Å². The highest BCUT2D eigenvalue weighted by Gasteiger charge is 2.46. The molecule has 174 valence electrons. The van der Waals surface area contributed by atoms with E-state index in [-0.39, 0.29) is 17.4 Å². The van der Waals surface area contributed by atoms with Gasteiger partial charge in [-0.25, -0.2) is 0 Å². The van der Waals surface area contributed by atoms with Crippen molar-refractivity contribution in [3.63, 3.8) is 0 Å². The fourth-order valence-corrected chi connectivity index (χ4v) is 4.28. The number of aliphatic hydroxyl groups is 1. The zero-order valence-corrected chi connectivity index (χ0v) is 19.1. The lowest BCUT2D eigenvalue weighted by Crippen LogP contribution is -2.42. The van der Waals surface area contributed by atoms with Crippen molar-refractivity contribution in [3.8, 4) is 5.75 Å². The average molecular weight is 451 g/mol. The SMILES string of the molecule is CC(C)Oc1ccc(C2C(=C(O)c3ccccc3)C(=O)C(=O)N2CCN2CCOCC2)cc1. The van der Waals surface area contributed by atoms with E-state index in [4.69, 9.17) is 9.47 Å². The highest BCUT2D eigenvalue weighted by atomic mass is 16.5. The van der Waals surface area contributed by atoms with Gasteiger partial charge < -0.3 is 19.5 Å². The highest BCUT2D eigenvalue weighted by Crippen LogP contribution is 2.39. The van der Waals surface area contributed by atoms with Gasteiger partial charge in [-0.05, 0) is 31.5 Å². The van der Waals surface area contributed by atoms with E-state index in [1.807, 2.05) is 44.2 Å². The Bertz CT molecular complexity index is 1010. The molecule has 0 aliphatic carbocycles. The second-order valence-corrected chi connectivity index (χ2v) is 8.55. The van der Waals surface area contributed by atoms with Gasteiger partial charge in [0.15, 0.2) is 0 Å². The summed E-state index contributed by atoms with van der Waals surface area (Å²) >= 11 is 0. The molecule has 2 heterocycles. The van der Waals surface area contributed by atoms with Crippen molar-refractivity contribution in [1.82, 2.24) is 9.80 Å². The first kappa shape index (κ1) is 23.0. The molecule has 0 spiro atoms. The number of carbonyl (C=O) groups is 2. The van der Waals surface area contributed by atoms with Gasteiger partial charge in [0.05, 0.1) is 30.9 Å². The quantitative estimate of drug-likeness (QED) is 0.396. The molecule has 0 aromatic heterocycles. The molecular weight excluding hydrogens is 420 g/mol. The maximum Gasteiger partial charge on any atom is 0.295 e. The summed E-state index contributed by atoms with van der Waals surface area (Å²) in [5, 5.41) is 11.1. The van der Waals surface area contributed by atoms with Gasteiger partial charge >= 0.3 is 0 Å². The molecule has 7 heteroatoms. The Balaban J connectivity index is 1.70. The summed E-state index contributed by atoms with van der Waals surface area (Å²) in [6.07, 6.45) is 0.0353. The number of ketones is 1. The minimum absolute atomic E-state index is 0.0353. The van der Waals surface area contributed by atoms with Crippen molar-refractivity contribution in [2.45, 2.75) is 26.0 Å². The van der Waals surface area contributed by atoms with Gasteiger partial charge in [-0.3, -0.25) is 14.5 Å². The lowest BCUT2D eigenvalue weighted by atomic mass is 9.95. The smallest absolute Gasteiger partial charge is 0.295 e. The van der Waals surface area contributed by atoms with Crippen LogP contribution in [0.15, 0.2) is 60.2 Å². The van der Waals surface area contributed by atoms with Gasteiger partial charge in [0.2, 0.25) is 0 Å². The third kappa shape index (κ3) is 5.10. The third-order valence-corrected chi connectivity index (χ3v) is 5.92. The molecule has 2 aromatic rings. The molecule has 2 fully saturated rings. The number of ether oxygens (including phenoxy) is 2. The van der Waals surface area contributed by atoms with Crippen LogP contribution in [-0.4, -0.2) is 72.1 Å². The maximum absolute atomic E-state index is 13.1. The van der Waals surface area contributed by atoms with Gasteiger partial charge in [-0.2, -0.15) is 0 Å². The van der Waals surface area contributed by atoms with Crippen molar-refractivity contribution >= 4 is 17.4 Å². The van der Waals surface area contributed by atoms with Crippen LogP contribution in [0, 0.1) is 0 Å². The van der Waals surface area contributed by atoms with Crippen LogP contribution in [0.1, 0.15) is 31.0 Å². The molecule has 2 aliphatic heterocycles. The maximum atomic E-state index is 13.1. The Kier molecular flexibility index (Phi) is 7.11. The van der Waals surface area contributed by atoms with Gasteiger partial charge in [-0.1, -0.05) is 42.5 Å². The monoisotopic (exact) mass is 450 g/mol. The largest absolute Gasteiger partial charge is 0.507 e. The Labute approximate surface area is 194 Å². The van der Waals surface area contributed by atoms with E-state index in [1.165, 1.54) is 0 Å². The standard InChI is InChI=1S/C26H30N2O5/c1-18(2)33-21-10-8-19(9-11-21)23-22(24(29)20-6-4-3-5-7-20)25(30)26(31)28(23)13-12-27-14-16-32-17-15-27/h3-11,18,23,29H,12-17H2,1-2H3. The number of Topliss-reactive ketones (excluding diaryl/α,β-unsaturated/α-hetero) is 1. The minimum Gasteiger partial charge on any atom is -0.507 e. The van der Waals surface area contributed by atoms with E-state index in [1.54, 1.807) is 29.2 Å². The summed E-state index contributed by atoms with van der Waals surface area (Å²) in [6.45, 7) is 7.82. The Morgan fingerprint density at radius 2 is 1.70 bits per heavy atom. The molecular formula is C26H30N2O5. The summed E-state index contributed by atoms with van der Waals surface area (Å²) in [5.74, 6) is -0.698. The second-order valence-electron chi connectivity index (χ2n) is 8.55.